The lowest BCUT2D eigenvalue weighted by Crippen LogP contribution is -2.37. The third kappa shape index (κ3) is 1.82. The standard InChI is InChI=1S/C12H18N2O/c1-2-7-14(6-1)9-11-10-4-8-15-12(10)3-5-13-11/h4,8,11,13H,1-3,5-7,9H2. The van der Waals surface area contributed by atoms with Gasteiger partial charge in [-0.2, -0.15) is 0 Å². The van der Waals surface area contributed by atoms with Gasteiger partial charge in [0.25, 0.3) is 0 Å². The summed E-state index contributed by atoms with van der Waals surface area (Å²) < 4.78 is 5.49. The SMILES string of the molecule is c1cc2c(o1)CCNC2CN1CCCC1. The molecule has 0 bridgehead atoms. The zero-order valence-electron chi connectivity index (χ0n) is 9.04. The number of hydrogen-bond acceptors (Lipinski definition) is 3. The summed E-state index contributed by atoms with van der Waals surface area (Å²) in [6.45, 7) is 4.74. The molecule has 0 radical (unpaired) electrons. The van der Waals surface area contributed by atoms with Crippen LogP contribution in [-0.2, 0) is 6.42 Å². The first kappa shape index (κ1) is 9.43. The van der Waals surface area contributed by atoms with Gasteiger partial charge in [0, 0.05) is 31.1 Å². The Morgan fingerprint density at radius 3 is 3.13 bits per heavy atom. The molecule has 1 fully saturated rings. The van der Waals surface area contributed by atoms with E-state index in [1.807, 2.05) is 6.26 Å². The quantitative estimate of drug-likeness (QED) is 0.796. The number of rotatable bonds is 2. The van der Waals surface area contributed by atoms with Crippen molar-refractivity contribution in [2.24, 2.45) is 0 Å². The Bertz CT molecular complexity index is 328. The minimum Gasteiger partial charge on any atom is -0.469 e. The maximum Gasteiger partial charge on any atom is 0.109 e. The summed E-state index contributed by atoms with van der Waals surface area (Å²) in [5.41, 5.74) is 1.38. The minimum absolute atomic E-state index is 0.491. The first-order valence-electron chi connectivity index (χ1n) is 5.95. The van der Waals surface area contributed by atoms with Crippen molar-refractivity contribution in [2.75, 3.05) is 26.2 Å². The van der Waals surface area contributed by atoms with Gasteiger partial charge < -0.3 is 14.6 Å². The van der Waals surface area contributed by atoms with E-state index < -0.39 is 0 Å². The summed E-state index contributed by atoms with van der Waals surface area (Å²) in [6, 6.07) is 2.62. The van der Waals surface area contributed by atoms with Crippen LogP contribution in [-0.4, -0.2) is 31.1 Å². The number of fused-ring (bicyclic) bond motifs is 1. The average molecular weight is 206 g/mol. The second kappa shape index (κ2) is 3.99. The van der Waals surface area contributed by atoms with Crippen molar-refractivity contribution < 1.29 is 4.42 Å². The summed E-state index contributed by atoms with van der Waals surface area (Å²) in [5, 5.41) is 3.59. The fourth-order valence-electron chi connectivity index (χ4n) is 2.72. The van der Waals surface area contributed by atoms with E-state index in [-0.39, 0.29) is 0 Å². The molecule has 3 heterocycles. The molecule has 0 amide bonds. The Labute approximate surface area is 90.4 Å². The molecule has 0 aliphatic carbocycles. The molecule has 1 unspecified atom stereocenters. The van der Waals surface area contributed by atoms with E-state index in [2.05, 4.69) is 16.3 Å². The topological polar surface area (TPSA) is 28.4 Å². The van der Waals surface area contributed by atoms with Crippen molar-refractivity contribution in [3.63, 3.8) is 0 Å². The van der Waals surface area contributed by atoms with E-state index in [0.29, 0.717) is 6.04 Å². The largest absolute Gasteiger partial charge is 0.469 e. The second-order valence-corrected chi connectivity index (χ2v) is 4.56. The third-order valence-corrected chi connectivity index (χ3v) is 3.54. The van der Waals surface area contributed by atoms with E-state index in [4.69, 9.17) is 4.42 Å². The maximum atomic E-state index is 5.49. The lowest BCUT2D eigenvalue weighted by molar-refractivity contribution is 0.282. The zero-order chi connectivity index (χ0) is 10.1. The minimum atomic E-state index is 0.491. The molecule has 1 N–H and O–H groups in total. The van der Waals surface area contributed by atoms with Gasteiger partial charge in [-0.1, -0.05) is 0 Å². The number of nitrogens with zero attached hydrogens (tertiary/aromatic N) is 1. The van der Waals surface area contributed by atoms with Gasteiger partial charge in [-0.25, -0.2) is 0 Å². The predicted octanol–water partition coefficient (Wildman–Crippen LogP) is 1.56. The summed E-state index contributed by atoms with van der Waals surface area (Å²) >= 11 is 0. The van der Waals surface area contributed by atoms with Crippen LogP contribution in [0.1, 0.15) is 30.2 Å². The maximum absolute atomic E-state index is 5.49. The lowest BCUT2D eigenvalue weighted by Gasteiger charge is -2.27. The summed E-state index contributed by atoms with van der Waals surface area (Å²) in [4.78, 5) is 2.56. The molecule has 3 nitrogen and oxygen atoms in total. The van der Waals surface area contributed by atoms with Crippen LogP contribution in [0.4, 0.5) is 0 Å². The fourth-order valence-corrected chi connectivity index (χ4v) is 2.72. The van der Waals surface area contributed by atoms with Crippen molar-refractivity contribution >= 4 is 0 Å². The summed E-state index contributed by atoms with van der Waals surface area (Å²) in [5.74, 6) is 1.19. The second-order valence-electron chi connectivity index (χ2n) is 4.56. The van der Waals surface area contributed by atoms with Crippen molar-refractivity contribution in [1.82, 2.24) is 10.2 Å². The van der Waals surface area contributed by atoms with Gasteiger partial charge in [-0.15, -0.1) is 0 Å². The van der Waals surface area contributed by atoms with Gasteiger partial charge in [0.05, 0.1) is 6.26 Å². The molecule has 1 aromatic heterocycles. The molecule has 2 aliphatic heterocycles. The van der Waals surface area contributed by atoms with E-state index in [0.717, 1.165) is 19.5 Å². The molecule has 1 atom stereocenters. The summed E-state index contributed by atoms with van der Waals surface area (Å²) in [6.07, 6.45) is 5.60. The first-order chi connectivity index (χ1) is 7.43. The monoisotopic (exact) mass is 206 g/mol. The first-order valence-corrected chi connectivity index (χ1v) is 5.95. The molecule has 3 heteroatoms. The Kier molecular flexibility index (Phi) is 2.51. The van der Waals surface area contributed by atoms with Crippen LogP contribution in [0, 0.1) is 0 Å². The normalized spacial score (nSPS) is 26.8. The number of nitrogens with one attached hydrogen (secondary N) is 1. The number of furan rings is 1. The van der Waals surface area contributed by atoms with Crippen LogP contribution in [0.2, 0.25) is 0 Å². The molecule has 1 aromatic rings. The van der Waals surface area contributed by atoms with Gasteiger partial charge in [0.15, 0.2) is 0 Å². The Morgan fingerprint density at radius 1 is 1.40 bits per heavy atom. The molecule has 1 saturated heterocycles. The fraction of sp³-hybridized carbons (Fsp3) is 0.667. The van der Waals surface area contributed by atoms with Crippen LogP contribution in [0.3, 0.4) is 0 Å². The van der Waals surface area contributed by atoms with Gasteiger partial charge in [-0.05, 0) is 32.0 Å². The highest BCUT2D eigenvalue weighted by molar-refractivity contribution is 5.24. The molecule has 3 rings (SSSR count). The van der Waals surface area contributed by atoms with E-state index in [9.17, 15) is 0 Å². The van der Waals surface area contributed by atoms with Crippen LogP contribution < -0.4 is 5.32 Å². The van der Waals surface area contributed by atoms with Crippen molar-refractivity contribution in [3.05, 3.63) is 23.7 Å². The molecule has 15 heavy (non-hydrogen) atoms. The third-order valence-electron chi connectivity index (χ3n) is 3.54. The predicted molar refractivity (Wildman–Crippen MR) is 58.8 cm³/mol. The molecule has 82 valence electrons. The average Bonchev–Trinajstić information content (AvgIpc) is 2.87. The number of hydrogen-bond donors (Lipinski definition) is 1. The summed E-state index contributed by atoms with van der Waals surface area (Å²) in [7, 11) is 0. The molecular formula is C12H18N2O. The molecule has 0 saturated carbocycles. The highest BCUT2D eigenvalue weighted by Crippen LogP contribution is 2.25. The zero-order valence-corrected chi connectivity index (χ0v) is 9.04. The Balaban J connectivity index is 1.72. The van der Waals surface area contributed by atoms with Gasteiger partial charge in [0.1, 0.15) is 5.76 Å². The molecular weight excluding hydrogens is 188 g/mol. The molecule has 0 aromatic carbocycles. The molecule has 2 aliphatic rings. The highest BCUT2D eigenvalue weighted by atomic mass is 16.3. The molecule has 0 spiro atoms. The van der Waals surface area contributed by atoms with E-state index in [1.54, 1.807) is 0 Å². The van der Waals surface area contributed by atoms with Crippen LogP contribution in [0.25, 0.3) is 0 Å². The highest BCUT2D eigenvalue weighted by Gasteiger charge is 2.24. The smallest absolute Gasteiger partial charge is 0.109 e. The van der Waals surface area contributed by atoms with Crippen molar-refractivity contribution in [2.45, 2.75) is 25.3 Å². The van der Waals surface area contributed by atoms with Crippen LogP contribution in [0.5, 0.6) is 0 Å². The van der Waals surface area contributed by atoms with E-state index in [1.165, 1.54) is 37.3 Å². The van der Waals surface area contributed by atoms with Crippen molar-refractivity contribution in [3.8, 4) is 0 Å². The Morgan fingerprint density at radius 2 is 2.27 bits per heavy atom. The van der Waals surface area contributed by atoms with Crippen LogP contribution in [0.15, 0.2) is 16.7 Å². The van der Waals surface area contributed by atoms with Gasteiger partial charge in [-0.3, -0.25) is 0 Å². The van der Waals surface area contributed by atoms with E-state index >= 15 is 0 Å². The Hall–Kier alpha value is -0.800. The van der Waals surface area contributed by atoms with Gasteiger partial charge in [0.2, 0.25) is 0 Å². The van der Waals surface area contributed by atoms with Gasteiger partial charge >= 0.3 is 0 Å². The number of likely N-dealkylation sites (tertiary alicyclic amines) is 1. The van der Waals surface area contributed by atoms with Crippen LogP contribution >= 0.6 is 0 Å². The lowest BCUT2D eigenvalue weighted by atomic mass is 10.0. The van der Waals surface area contributed by atoms with Crippen molar-refractivity contribution in [1.29, 1.82) is 0 Å².